The number of aromatic nitrogens is 3. The lowest BCUT2D eigenvalue weighted by Gasteiger charge is -2.36. The third-order valence-electron chi connectivity index (χ3n) is 5.41. The van der Waals surface area contributed by atoms with E-state index in [1.807, 2.05) is 39.6 Å². The number of halogens is 1. The first-order valence-corrected chi connectivity index (χ1v) is 10.9. The van der Waals surface area contributed by atoms with E-state index in [0.29, 0.717) is 23.0 Å². The van der Waals surface area contributed by atoms with E-state index in [-0.39, 0.29) is 0 Å². The molecule has 1 fully saturated rings. The van der Waals surface area contributed by atoms with Crippen molar-refractivity contribution in [1.82, 2.24) is 19.2 Å². The lowest BCUT2D eigenvalue weighted by Crippen LogP contribution is -2.47. The Labute approximate surface area is 187 Å². The molecule has 0 aliphatic carbocycles. The minimum atomic E-state index is 0.623. The predicted octanol–water partition coefficient (Wildman–Crippen LogP) is 5.01. The van der Waals surface area contributed by atoms with Crippen LogP contribution in [-0.4, -0.2) is 45.4 Å². The topological polar surface area (TPSA) is 29.2 Å². The molecule has 156 valence electrons. The van der Waals surface area contributed by atoms with E-state index in [1.54, 1.807) is 0 Å². The molecule has 7 heteroatoms. The summed E-state index contributed by atoms with van der Waals surface area (Å²) in [5.41, 5.74) is 3.59. The summed E-state index contributed by atoms with van der Waals surface area (Å²) in [6.07, 6.45) is 1.85. The normalized spacial score (nSPS) is 14.8. The molecule has 1 saturated heterocycles. The minimum Gasteiger partial charge on any atom is -0.369 e. The number of anilines is 1. The van der Waals surface area contributed by atoms with Crippen molar-refractivity contribution in [3.63, 3.8) is 0 Å². The number of aryl methyl sites for hydroxylation is 1. The molecule has 1 aromatic heterocycles. The highest BCUT2D eigenvalue weighted by molar-refractivity contribution is 7.71. The standard InChI is InChI=1S/C23H26ClN5S/c1-3-11-28-22(19-7-9-20(24)10-8-19)25-29(23(28)30)17-26-12-14-27(15-13-26)21-6-4-5-18(2)16-21/h3-10,16H,1,11-15,17H2,2H3. The van der Waals surface area contributed by atoms with Crippen LogP contribution in [0.25, 0.3) is 11.4 Å². The Hall–Kier alpha value is -2.41. The van der Waals surface area contributed by atoms with E-state index in [4.69, 9.17) is 28.9 Å². The van der Waals surface area contributed by atoms with E-state index in [9.17, 15) is 0 Å². The molecule has 30 heavy (non-hydrogen) atoms. The number of hydrogen-bond donors (Lipinski definition) is 0. The molecular formula is C23H26ClN5S. The van der Waals surface area contributed by atoms with Crippen molar-refractivity contribution in [1.29, 1.82) is 0 Å². The van der Waals surface area contributed by atoms with Gasteiger partial charge in [-0.05, 0) is 61.1 Å². The Kier molecular flexibility index (Phi) is 6.37. The minimum absolute atomic E-state index is 0.623. The Bertz CT molecular complexity index is 1080. The number of allylic oxidation sites excluding steroid dienone is 1. The molecule has 1 aliphatic heterocycles. The molecule has 0 amide bonds. The number of piperazine rings is 1. The highest BCUT2D eigenvalue weighted by atomic mass is 35.5. The van der Waals surface area contributed by atoms with Gasteiger partial charge in [-0.25, -0.2) is 4.68 Å². The van der Waals surface area contributed by atoms with Crippen LogP contribution in [0.15, 0.2) is 61.2 Å². The van der Waals surface area contributed by atoms with E-state index >= 15 is 0 Å². The van der Waals surface area contributed by atoms with Crippen molar-refractivity contribution in [3.05, 3.63) is 76.5 Å². The molecule has 0 spiro atoms. The van der Waals surface area contributed by atoms with Gasteiger partial charge in [0.15, 0.2) is 10.6 Å². The van der Waals surface area contributed by atoms with Crippen LogP contribution in [0, 0.1) is 11.7 Å². The van der Waals surface area contributed by atoms with Crippen LogP contribution >= 0.6 is 23.8 Å². The van der Waals surface area contributed by atoms with Gasteiger partial charge in [-0.15, -0.1) is 6.58 Å². The van der Waals surface area contributed by atoms with Gasteiger partial charge in [0.1, 0.15) is 0 Å². The molecular weight excluding hydrogens is 414 g/mol. The lowest BCUT2D eigenvalue weighted by atomic mass is 10.2. The average Bonchev–Trinajstić information content (AvgIpc) is 3.05. The zero-order valence-corrected chi connectivity index (χ0v) is 18.7. The third-order valence-corrected chi connectivity index (χ3v) is 6.09. The highest BCUT2D eigenvalue weighted by Gasteiger charge is 2.19. The summed E-state index contributed by atoms with van der Waals surface area (Å²) in [7, 11) is 0. The van der Waals surface area contributed by atoms with E-state index in [2.05, 4.69) is 47.6 Å². The van der Waals surface area contributed by atoms with Gasteiger partial charge < -0.3 is 4.90 Å². The van der Waals surface area contributed by atoms with Crippen LogP contribution in [-0.2, 0) is 13.2 Å². The van der Waals surface area contributed by atoms with Crippen LogP contribution in [0.1, 0.15) is 5.56 Å². The van der Waals surface area contributed by atoms with Crippen LogP contribution in [0.2, 0.25) is 5.02 Å². The van der Waals surface area contributed by atoms with Gasteiger partial charge in [0.2, 0.25) is 0 Å². The maximum atomic E-state index is 6.05. The van der Waals surface area contributed by atoms with Crippen molar-refractivity contribution in [2.45, 2.75) is 20.1 Å². The molecule has 0 unspecified atom stereocenters. The first-order chi connectivity index (χ1) is 14.5. The summed E-state index contributed by atoms with van der Waals surface area (Å²) >= 11 is 11.8. The quantitative estimate of drug-likeness (QED) is 0.399. The number of rotatable bonds is 6. The van der Waals surface area contributed by atoms with Gasteiger partial charge in [0.05, 0.1) is 6.67 Å². The van der Waals surface area contributed by atoms with Crippen LogP contribution < -0.4 is 4.90 Å². The third kappa shape index (κ3) is 4.51. The maximum Gasteiger partial charge on any atom is 0.199 e. The largest absolute Gasteiger partial charge is 0.369 e. The van der Waals surface area contributed by atoms with Crippen LogP contribution in [0.3, 0.4) is 0 Å². The fourth-order valence-electron chi connectivity index (χ4n) is 3.80. The Morgan fingerprint density at radius 2 is 1.83 bits per heavy atom. The number of benzene rings is 2. The SMILES string of the molecule is C=CCn1c(-c2ccc(Cl)cc2)nn(CN2CCN(c3cccc(C)c3)CC2)c1=S. The Morgan fingerprint density at radius 3 is 2.50 bits per heavy atom. The van der Waals surface area contributed by atoms with Crippen molar-refractivity contribution in [2.24, 2.45) is 0 Å². The second-order valence-corrected chi connectivity index (χ2v) is 8.40. The molecule has 0 atom stereocenters. The summed E-state index contributed by atoms with van der Waals surface area (Å²) in [5.74, 6) is 0.843. The summed E-state index contributed by atoms with van der Waals surface area (Å²) < 4.78 is 4.65. The highest BCUT2D eigenvalue weighted by Crippen LogP contribution is 2.22. The average molecular weight is 440 g/mol. The molecule has 2 heterocycles. The van der Waals surface area contributed by atoms with Crippen molar-refractivity contribution in [2.75, 3.05) is 31.1 Å². The van der Waals surface area contributed by atoms with Gasteiger partial charge in [0, 0.05) is 49.0 Å². The fraction of sp³-hybridized carbons (Fsp3) is 0.304. The number of nitrogens with zero attached hydrogens (tertiary/aromatic N) is 5. The van der Waals surface area contributed by atoms with Gasteiger partial charge in [-0.2, -0.15) is 5.10 Å². The molecule has 1 aliphatic rings. The molecule has 0 N–H and O–H groups in total. The second kappa shape index (κ2) is 9.16. The Morgan fingerprint density at radius 1 is 1.10 bits per heavy atom. The summed E-state index contributed by atoms with van der Waals surface area (Å²) in [5, 5.41) is 5.55. The van der Waals surface area contributed by atoms with E-state index < -0.39 is 0 Å². The molecule has 0 saturated carbocycles. The Balaban J connectivity index is 1.50. The van der Waals surface area contributed by atoms with Gasteiger partial charge in [-0.3, -0.25) is 9.47 Å². The van der Waals surface area contributed by atoms with Crippen LogP contribution in [0.4, 0.5) is 5.69 Å². The molecule has 0 radical (unpaired) electrons. The molecule has 2 aromatic carbocycles. The van der Waals surface area contributed by atoms with Crippen molar-refractivity contribution >= 4 is 29.5 Å². The number of hydrogen-bond acceptors (Lipinski definition) is 4. The summed E-state index contributed by atoms with van der Waals surface area (Å²) in [4.78, 5) is 4.84. The fourth-order valence-corrected chi connectivity index (χ4v) is 4.19. The van der Waals surface area contributed by atoms with E-state index in [1.165, 1.54) is 11.3 Å². The zero-order chi connectivity index (χ0) is 21.1. The smallest absolute Gasteiger partial charge is 0.199 e. The molecule has 0 bridgehead atoms. The second-order valence-electron chi connectivity index (χ2n) is 7.60. The van der Waals surface area contributed by atoms with Crippen LogP contribution in [0.5, 0.6) is 0 Å². The zero-order valence-electron chi connectivity index (χ0n) is 17.2. The molecule has 5 nitrogen and oxygen atoms in total. The summed E-state index contributed by atoms with van der Waals surface area (Å²) in [6.45, 7) is 11.3. The lowest BCUT2D eigenvalue weighted by molar-refractivity contribution is 0.194. The summed E-state index contributed by atoms with van der Waals surface area (Å²) in [6, 6.07) is 16.4. The monoisotopic (exact) mass is 439 g/mol. The maximum absolute atomic E-state index is 6.05. The predicted molar refractivity (Wildman–Crippen MR) is 127 cm³/mol. The first kappa shape index (κ1) is 20.8. The van der Waals surface area contributed by atoms with Gasteiger partial charge in [-0.1, -0.05) is 29.8 Å². The van der Waals surface area contributed by atoms with E-state index in [0.717, 1.165) is 37.6 Å². The molecule has 4 rings (SSSR count). The van der Waals surface area contributed by atoms with Gasteiger partial charge >= 0.3 is 0 Å². The van der Waals surface area contributed by atoms with Crippen molar-refractivity contribution in [3.8, 4) is 11.4 Å². The first-order valence-electron chi connectivity index (χ1n) is 10.1. The van der Waals surface area contributed by atoms with Crippen molar-refractivity contribution < 1.29 is 0 Å². The van der Waals surface area contributed by atoms with Gasteiger partial charge in [0.25, 0.3) is 0 Å². The molecule has 3 aromatic rings.